The first-order chi connectivity index (χ1) is 7.77. The van der Waals surface area contributed by atoms with Crippen molar-refractivity contribution >= 4 is 0 Å². The number of rotatable bonds is 7. The quantitative estimate of drug-likeness (QED) is 0.622. The molecular weight excluding hydrogens is 202 g/mol. The number of nitrogens with one attached hydrogen (secondary N) is 1. The number of hydrogen-bond donors (Lipinski definition) is 3. The number of aliphatic hydroxyl groups excluding tert-OH is 2. The molecule has 0 radical (unpaired) electrons. The van der Waals surface area contributed by atoms with Gasteiger partial charge in [0.2, 0.25) is 0 Å². The van der Waals surface area contributed by atoms with Gasteiger partial charge in [-0.15, -0.1) is 0 Å². The van der Waals surface area contributed by atoms with Gasteiger partial charge in [0.15, 0.2) is 0 Å². The van der Waals surface area contributed by atoms with Gasteiger partial charge in [0.1, 0.15) is 0 Å². The van der Waals surface area contributed by atoms with E-state index >= 15 is 0 Å². The maximum atomic E-state index is 9.83. The van der Waals surface area contributed by atoms with E-state index in [-0.39, 0.29) is 18.8 Å². The van der Waals surface area contributed by atoms with Crippen LogP contribution in [0.1, 0.15) is 51.9 Å². The Hall–Kier alpha value is -0.120. The van der Waals surface area contributed by atoms with Crippen LogP contribution in [0.4, 0.5) is 0 Å². The molecule has 0 aliphatic heterocycles. The van der Waals surface area contributed by atoms with Gasteiger partial charge in [-0.05, 0) is 38.1 Å². The van der Waals surface area contributed by atoms with Crippen molar-refractivity contribution in [2.24, 2.45) is 5.92 Å². The monoisotopic (exact) mass is 229 g/mol. The summed E-state index contributed by atoms with van der Waals surface area (Å²) < 4.78 is 0. The van der Waals surface area contributed by atoms with E-state index < -0.39 is 0 Å². The molecule has 1 fully saturated rings. The zero-order valence-electron chi connectivity index (χ0n) is 10.5. The third kappa shape index (κ3) is 4.81. The molecule has 1 unspecified atom stereocenters. The van der Waals surface area contributed by atoms with Crippen LogP contribution in [0.5, 0.6) is 0 Å². The lowest BCUT2D eigenvalue weighted by Gasteiger charge is -2.30. The molecule has 0 aromatic heterocycles. The molecule has 1 aliphatic rings. The minimum absolute atomic E-state index is 0.162. The van der Waals surface area contributed by atoms with Crippen molar-refractivity contribution in [2.45, 2.75) is 64.0 Å². The van der Waals surface area contributed by atoms with E-state index in [9.17, 15) is 5.11 Å². The highest BCUT2D eigenvalue weighted by molar-refractivity contribution is 4.81. The van der Waals surface area contributed by atoms with Crippen LogP contribution < -0.4 is 5.32 Å². The van der Waals surface area contributed by atoms with Crippen molar-refractivity contribution in [3.63, 3.8) is 0 Å². The summed E-state index contributed by atoms with van der Waals surface area (Å²) >= 11 is 0. The van der Waals surface area contributed by atoms with Gasteiger partial charge in [0.25, 0.3) is 0 Å². The molecule has 3 heteroatoms. The normalized spacial score (nSPS) is 27.9. The van der Waals surface area contributed by atoms with Gasteiger partial charge >= 0.3 is 0 Å². The maximum Gasteiger partial charge on any atom is 0.0693 e. The Bertz CT molecular complexity index is 169. The smallest absolute Gasteiger partial charge is 0.0693 e. The van der Waals surface area contributed by atoms with Gasteiger partial charge in [-0.25, -0.2) is 0 Å². The first kappa shape index (κ1) is 13.9. The molecule has 0 aromatic rings. The summed E-state index contributed by atoms with van der Waals surface area (Å²) in [5.41, 5.74) is 0. The first-order valence-corrected chi connectivity index (χ1v) is 6.80. The van der Waals surface area contributed by atoms with Gasteiger partial charge in [-0.2, -0.15) is 0 Å². The molecule has 1 rings (SSSR count). The summed E-state index contributed by atoms with van der Waals surface area (Å²) in [6.07, 6.45) is 7.47. The summed E-state index contributed by atoms with van der Waals surface area (Å²) in [5.74, 6) is 0.559. The Kier molecular flexibility index (Phi) is 7.01. The number of aliphatic hydroxyl groups is 2. The van der Waals surface area contributed by atoms with Crippen LogP contribution >= 0.6 is 0 Å². The predicted octanol–water partition coefficient (Wildman–Crippen LogP) is 1.68. The minimum Gasteiger partial charge on any atom is -0.396 e. The van der Waals surface area contributed by atoms with Crippen LogP contribution in [0.3, 0.4) is 0 Å². The van der Waals surface area contributed by atoms with Crippen LogP contribution in [-0.2, 0) is 0 Å². The predicted molar refractivity (Wildman–Crippen MR) is 66.4 cm³/mol. The Balaban J connectivity index is 2.23. The second kappa shape index (κ2) is 8.04. The molecule has 16 heavy (non-hydrogen) atoms. The lowest BCUT2D eigenvalue weighted by molar-refractivity contribution is 0.0876. The molecular formula is C13H27NO2. The van der Waals surface area contributed by atoms with Crippen LogP contribution in [0.2, 0.25) is 0 Å². The Morgan fingerprint density at radius 1 is 1.25 bits per heavy atom. The third-order valence-electron chi connectivity index (χ3n) is 3.63. The average Bonchev–Trinajstić information content (AvgIpc) is 2.28. The van der Waals surface area contributed by atoms with E-state index in [0.717, 1.165) is 38.6 Å². The number of hydrogen-bond acceptors (Lipinski definition) is 3. The van der Waals surface area contributed by atoms with Crippen molar-refractivity contribution in [1.82, 2.24) is 5.32 Å². The molecule has 0 spiro atoms. The average molecular weight is 229 g/mol. The Labute approximate surface area is 99.3 Å². The van der Waals surface area contributed by atoms with E-state index in [2.05, 4.69) is 12.2 Å². The zero-order chi connectivity index (χ0) is 11.8. The standard InChI is InChI=1S/C13H27NO2/c1-2-5-11(8-9-15)10-14-12-6-3-4-7-13(12)16/h11-16H,2-10H2,1H3/t11?,12-,13-/m1/s1. The van der Waals surface area contributed by atoms with E-state index in [0.29, 0.717) is 5.92 Å². The first-order valence-electron chi connectivity index (χ1n) is 6.80. The van der Waals surface area contributed by atoms with Gasteiger partial charge < -0.3 is 15.5 Å². The lowest BCUT2D eigenvalue weighted by atomic mass is 9.91. The summed E-state index contributed by atoms with van der Waals surface area (Å²) in [4.78, 5) is 0. The summed E-state index contributed by atoms with van der Waals surface area (Å²) in [7, 11) is 0. The molecule has 0 aromatic carbocycles. The Morgan fingerprint density at radius 3 is 2.62 bits per heavy atom. The summed E-state index contributed by atoms with van der Waals surface area (Å²) in [5, 5.41) is 22.3. The highest BCUT2D eigenvalue weighted by Gasteiger charge is 2.23. The van der Waals surface area contributed by atoms with E-state index in [4.69, 9.17) is 5.11 Å². The fourth-order valence-electron chi connectivity index (χ4n) is 2.61. The molecule has 1 aliphatic carbocycles. The molecule has 3 N–H and O–H groups in total. The SMILES string of the molecule is CCCC(CCO)CN[C@@H]1CCCC[C@H]1O. The molecule has 0 bridgehead atoms. The highest BCUT2D eigenvalue weighted by atomic mass is 16.3. The minimum atomic E-state index is -0.162. The van der Waals surface area contributed by atoms with Gasteiger partial charge in [-0.3, -0.25) is 0 Å². The maximum absolute atomic E-state index is 9.83. The molecule has 1 saturated carbocycles. The second-order valence-corrected chi connectivity index (χ2v) is 5.03. The van der Waals surface area contributed by atoms with Gasteiger partial charge in [-0.1, -0.05) is 26.2 Å². The second-order valence-electron chi connectivity index (χ2n) is 5.03. The molecule has 3 nitrogen and oxygen atoms in total. The largest absolute Gasteiger partial charge is 0.396 e. The van der Waals surface area contributed by atoms with Crippen molar-refractivity contribution in [2.75, 3.05) is 13.2 Å². The summed E-state index contributed by atoms with van der Waals surface area (Å²) in [6, 6.07) is 0.284. The van der Waals surface area contributed by atoms with Crippen LogP contribution in [-0.4, -0.2) is 35.5 Å². The lowest BCUT2D eigenvalue weighted by Crippen LogP contribution is -2.44. The van der Waals surface area contributed by atoms with Gasteiger partial charge in [0, 0.05) is 12.6 Å². The van der Waals surface area contributed by atoms with Crippen molar-refractivity contribution in [1.29, 1.82) is 0 Å². The van der Waals surface area contributed by atoms with E-state index in [1.807, 2.05) is 0 Å². The zero-order valence-corrected chi connectivity index (χ0v) is 10.5. The van der Waals surface area contributed by atoms with Gasteiger partial charge in [0.05, 0.1) is 6.10 Å². The van der Waals surface area contributed by atoms with Crippen molar-refractivity contribution in [3.05, 3.63) is 0 Å². The molecule has 0 saturated heterocycles. The molecule has 3 atom stereocenters. The van der Waals surface area contributed by atoms with Crippen LogP contribution in [0.15, 0.2) is 0 Å². The summed E-state index contributed by atoms with van der Waals surface area (Å²) in [6.45, 7) is 3.40. The Morgan fingerprint density at radius 2 is 2.00 bits per heavy atom. The fourth-order valence-corrected chi connectivity index (χ4v) is 2.61. The van der Waals surface area contributed by atoms with E-state index in [1.165, 1.54) is 12.8 Å². The fraction of sp³-hybridized carbons (Fsp3) is 1.00. The van der Waals surface area contributed by atoms with Crippen molar-refractivity contribution in [3.8, 4) is 0 Å². The molecule has 0 heterocycles. The van der Waals surface area contributed by atoms with Crippen molar-refractivity contribution < 1.29 is 10.2 Å². The van der Waals surface area contributed by atoms with E-state index in [1.54, 1.807) is 0 Å². The third-order valence-corrected chi connectivity index (χ3v) is 3.63. The van der Waals surface area contributed by atoms with Crippen LogP contribution in [0, 0.1) is 5.92 Å². The molecule has 96 valence electrons. The topological polar surface area (TPSA) is 52.5 Å². The highest BCUT2D eigenvalue weighted by Crippen LogP contribution is 2.19. The van der Waals surface area contributed by atoms with Crippen LogP contribution in [0.25, 0.3) is 0 Å². The molecule has 0 amide bonds.